The summed E-state index contributed by atoms with van der Waals surface area (Å²) in [6.45, 7) is 0.213. The molecular formula is C18H15F2N5O2S2. The largest absolute Gasteiger partial charge is 0.389 e. The van der Waals surface area contributed by atoms with Gasteiger partial charge < -0.3 is 11.1 Å². The number of thioether (sulfide) groups is 1. The number of nitrogens with zero attached hydrogens (tertiary/aromatic N) is 3. The number of nitrogens with one attached hydrogen (secondary N) is 1. The van der Waals surface area contributed by atoms with Crippen LogP contribution in [0.5, 0.6) is 0 Å². The lowest BCUT2D eigenvalue weighted by molar-refractivity contribution is 0.102. The number of nitroso groups, excluding NO2 is 1. The number of thiazole rings is 1. The van der Waals surface area contributed by atoms with Crippen LogP contribution in [-0.2, 0) is 0 Å². The topological polar surface area (TPSA) is 110 Å². The maximum Gasteiger partial charge on any atom is 0.277 e. The van der Waals surface area contributed by atoms with Crippen molar-refractivity contribution in [2.75, 3.05) is 23.3 Å². The van der Waals surface area contributed by atoms with Crippen molar-refractivity contribution in [3.63, 3.8) is 0 Å². The van der Waals surface area contributed by atoms with E-state index in [1.807, 2.05) is 0 Å². The van der Waals surface area contributed by atoms with Gasteiger partial charge in [-0.2, -0.15) is 4.91 Å². The van der Waals surface area contributed by atoms with Crippen LogP contribution in [0, 0.1) is 16.5 Å². The van der Waals surface area contributed by atoms with E-state index in [-0.39, 0.29) is 27.8 Å². The Hall–Kier alpha value is -2.92. The third kappa shape index (κ3) is 4.93. The predicted octanol–water partition coefficient (Wildman–Crippen LogP) is 4.57. The molecular weight excluding hydrogens is 420 g/mol. The van der Waals surface area contributed by atoms with Gasteiger partial charge in [0.05, 0.1) is 24.0 Å². The molecule has 2 heterocycles. The number of rotatable bonds is 8. The molecule has 150 valence electrons. The Kier molecular flexibility index (Phi) is 6.83. The molecule has 0 atom stereocenters. The molecule has 7 nitrogen and oxygen atoms in total. The van der Waals surface area contributed by atoms with Crippen molar-refractivity contribution >= 4 is 39.7 Å². The van der Waals surface area contributed by atoms with E-state index in [2.05, 4.69) is 20.5 Å². The van der Waals surface area contributed by atoms with E-state index in [1.165, 1.54) is 24.0 Å². The van der Waals surface area contributed by atoms with Gasteiger partial charge in [-0.15, -0.1) is 11.8 Å². The molecule has 0 aliphatic heterocycles. The van der Waals surface area contributed by atoms with Crippen LogP contribution >= 0.6 is 23.1 Å². The number of hydrogen-bond acceptors (Lipinski definition) is 8. The summed E-state index contributed by atoms with van der Waals surface area (Å²) in [6.07, 6.45) is 3.64. The molecule has 1 amide bonds. The number of carbonyl (C=O) groups is 1. The van der Waals surface area contributed by atoms with Crippen molar-refractivity contribution in [3.05, 3.63) is 58.9 Å². The molecule has 1 aromatic carbocycles. The normalized spacial score (nSPS) is 10.7. The standard InChI is InChI=1S/C18H15F2N5O2S2/c19-10-3-1-4-11(20)14(10)18-25-15(16(21)29-18)17(26)24-12-9-22-7-5-13(12)28-8-2-6-23-27/h1,3-5,7,9H,2,6,8,21H2,(H,24,26). The zero-order chi connectivity index (χ0) is 20.8. The molecule has 3 rings (SSSR count). The fourth-order valence-electron chi connectivity index (χ4n) is 2.40. The summed E-state index contributed by atoms with van der Waals surface area (Å²) in [6, 6.07) is 5.18. The summed E-state index contributed by atoms with van der Waals surface area (Å²) in [7, 11) is 0. The van der Waals surface area contributed by atoms with Crippen LogP contribution in [0.25, 0.3) is 10.6 Å². The number of anilines is 2. The van der Waals surface area contributed by atoms with E-state index in [4.69, 9.17) is 5.73 Å². The smallest absolute Gasteiger partial charge is 0.277 e. The molecule has 3 aromatic rings. The number of halogens is 2. The van der Waals surface area contributed by atoms with Gasteiger partial charge in [0.1, 0.15) is 21.6 Å². The molecule has 0 unspecified atom stereocenters. The molecule has 0 spiro atoms. The molecule has 0 fully saturated rings. The molecule has 0 aliphatic carbocycles. The van der Waals surface area contributed by atoms with E-state index in [0.717, 1.165) is 28.4 Å². The van der Waals surface area contributed by atoms with Crippen molar-refractivity contribution in [2.24, 2.45) is 5.18 Å². The third-order valence-electron chi connectivity index (χ3n) is 3.73. The summed E-state index contributed by atoms with van der Waals surface area (Å²) in [5, 5.41) is 5.49. The molecule has 0 radical (unpaired) electrons. The zero-order valence-corrected chi connectivity index (χ0v) is 16.5. The number of nitrogens with two attached hydrogens (primary N) is 1. The Labute approximate surface area is 172 Å². The van der Waals surface area contributed by atoms with Crippen LogP contribution in [-0.4, -0.2) is 28.2 Å². The van der Waals surface area contributed by atoms with E-state index in [1.54, 1.807) is 12.3 Å². The Morgan fingerprint density at radius 1 is 1.28 bits per heavy atom. The fraction of sp³-hybridized carbons (Fsp3) is 0.167. The molecule has 0 saturated carbocycles. The molecule has 2 aromatic heterocycles. The van der Waals surface area contributed by atoms with Gasteiger partial charge in [-0.3, -0.25) is 9.78 Å². The Balaban J connectivity index is 1.81. The minimum Gasteiger partial charge on any atom is -0.389 e. The number of hydrogen-bond donors (Lipinski definition) is 2. The van der Waals surface area contributed by atoms with Crippen molar-refractivity contribution in [1.82, 2.24) is 9.97 Å². The predicted molar refractivity (Wildman–Crippen MR) is 110 cm³/mol. The first-order valence-corrected chi connectivity index (χ1v) is 10.2. The highest BCUT2D eigenvalue weighted by molar-refractivity contribution is 7.99. The van der Waals surface area contributed by atoms with Crippen LogP contribution in [0.2, 0.25) is 0 Å². The van der Waals surface area contributed by atoms with Crippen LogP contribution in [0.4, 0.5) is 19.5 Å². The van der Waals surface area contributed by atoms with Gasteiger partial charge >= 0.3 is 0 Å². The number of aromatic nitrogens is 2. The quantitative estimate of drug-likeness (QED) is 0.305. The Morgan fingerprint density at radius 3 is 2.76 bits per heavy atom. The van der Waals surface area contributed by atoms with E-state index in [0.29, 0.717) is 17.9 Å². The van der Waals surface area contributed by atoms with Crippen LogP contribution in [0.3, 0.4) is 0 Å². The monoisotopic (exact) mass is 435 g/mol. The number of amides is 1. The number of pyridine rings is 1. The first kappa shape index (κ1) is 20.8. The summed E-state index contributed by atoms with van der Waals surface area (Å²) < 4.78 is 28.0. The maximum atomic E-state index is 14.0. The first-order valence-electron chi connectivity index (χ1n) is 8.39. The number of nitrogen functional groups attached to an aromatic ring is 1. The van der Waals surface area contributed by atoms with Gasteiger partial charge in [0, 0.05) is 11.1 Å². The Morgan fingerprint density at radius 2 is 2.03 bits per heavy atom. The highest BCUT2D eigenvalue weighted by Crippen LogP contribution is 2.34. The van der Waals surface area contributed by atoms with Crippen LogP contribution in [0.1, 0.15) is 16.9 Å². The minimum atomic E-state index is -0.790. The van der Waals surface area contributed by atoms with E-state index < -0.39 is 17.5 Å². The fourth-order valence-corrected chi connectivity index (χ4v) is 4.18. The van der Waals surface area contributed by atoms with E-state index >= 15 is 0 Å². The van der Waals surface area contributed by atoms with Gasteiger partial charge in [0.15, 0.2) is 5.69 Å². The molecule has 0 aliphatic rings. The molecule has 29 heavy (non-hydrogen) atoms. The SMILES string of the molecule is Nc1sc(-c2c(F)cccc2F)nc1C(=O)Nc1cnccc1SCCCN=O. The van der Waals surface area contributed by atoms with Crippen molar-refractivity contribution in [3.8, 4) is 10.6 Å². The van der Waals surface area contributed by atoms with Crippen molar-refractivity contribution in [1.29, 1.82) is 0 Å². The lowest BCUT2D eigenvalue weighted by Crippen LogP contribution is -2.15. The molecule has 3 N–H and O–H groups in total. The highest BCUT2D eigenvalue weighted by Gasteiger charge is 2.22. The van der Waals surface area contributed by atoms with Gasteiger partial charge in [-0.1, -0.05) is 22.6 Å². The number of benzene rings is 1. The maximum absolute atomic E-state index is 14.0. The molecule has 0 bridgehead atoms. The van der Waals surface area contributed by atoms with Gasteiger partial charge in [0.2, 0.25) is 0 Å². The average Bonchev–Trinajstić information content (AvgIpc) is 3.07. The second kappa shape index (κ2) is 9.52. The van der Waals surface area contributed by atoms with Crippen LogP contribution < -0.4 is 11.1 Å². The molecule has 0 saturated heterocycles. The lowest BCUT2D eigenvalue weighted by atomic mass is 10.2. The zero-order valence-electron chi connectivity index (χ0n) is 14.9. The lowest BCUT2D eigenvalue weighted by Gasteiger charge is -2.09. The van der Waals surface area contributed by atoms with Crippen LogP contribution in [0.15, 0.2) is 46.7 Å². The summed E-state index contributed by atoms with van der Waals surface area (Å²) in [5.74, 6) is -1.57. The second-order valence-corrected chi connectivity index (χ2v) is 7.88. The summed E-state index contributed by atoms with van der Waals surface area (Å²) in [5.41, 5.74) is 5.86. The van der Waals surface area contributed by atoms with Gasteiger partial charge in [-0.25, -0.2) is 13.8 Å². The van der Waals surface area contributed by atoms with Gasteiger partial charge in [-0.05, 0) is 30.4 Å². The van der Waals surface area contributed by atoms with E-state index in [9.17, 15) is 18.5 Å². The average molecular weight is 435 g/mol. The second-order valence-electron chi connectivity index (χ2n) is 5.71. The highest BCUT2D eigenvalue weighted by atomic mass is 32.2. The third-order valence-corrected chi connectivity index (χ3v) is 5.79. The molecule has 11 heteroatoms. The van der Waals surface area contributed by atoms with Gasteiger partial charge in [0.25, 0.3) is 5.91 Å². The number of carbonyl (C=O) groups excluding carboxylic acids is 1. The summed E-state index contributed by atoms with van der Waals surface area (Å²) >= 11 is 2.26. The first-order chi connectivity index (χ1) is 14.0. The Bertz CT molecular complexity index is 1020. The minimum absolute atomic E-state index is 0.0228. The van der Waals surface area contributed by atoms with Crippen molar-refractivity contribution in [2.45, 2.75) is 11.3 Å². The summed E-state index contributed by atoms with van der Waals surface area (Å²) in [4.78, 5) is 31.6. The van der Waals surface area contributed by atoms with Crippen molar-refractivity contribution < 1.29 is 13.6 Å².